The van der Waals surface area contributed by atoms with Gasteiger partial charge in [-0.1, -0.05) is 126 Å². The minimum absolute atomic E-state index is 0.0305. The third kappa shape index (κ3) is 12.5. The van der Waals surface area contributed by atoms with Crippen molar-refractivity contribution in [1.29, 1.82) is 0 Å². The van der Waals surface area contributed by atoms with Crippen molar-refractivity contribution in [1.82, 2.24) is 5.32 Å². The number of carbonyl (C=O) groups is 2. The molecule has 5 heterocycles. The first-order valence-electron chi connectivity index (χ1n) is 26.8. The zero-order valence-corrected chi connectivity index (χ0v) is 42.8. The molecule has 5 aliphatic rings. The second-order valence-electron chi connectivity index (χ2n) is 22.1. The van der Waals surface area contributed by atoms with Gasteiger partial charge in [-0.25, -0.2) is 0 Å². The van der Waals surface area contributed by atoms with Crippen LogP contribution >= 0.6 is 0 Å². The maximum Gasteiger partial charge on any atom is 0.309 e. The molecule has 0 bridgehead atoms. The average molecular weight is 918 g/mol. The first-order chi connectivity index (χ1) is 30.8. The van der Waals surface area contributed by atoms with Gasteiger partial charge in [0.1, 0.15) is 5.78 Å². The second kappa shape index (κ2) is 23.9. The van der Waals surface area contributed by atoms with Gasteiger partial charge in [0.15, 0.2) is 11.6 Å². The number of carboxylic acids is 1. The van der Waals surface area contributed by atoms with Crippen molar-refractivity contribution < 1.29 is 48.6 Å². The number of ketones is 1. The average Bonchev–Trinajstić information content (AvgIpc) is 3.62. The number of aliphatic hydroxyl groups excluding tert-OH is 1. The number of aliphatic carboxylic acids is 1. The Kier molecular flexibility index (Phi) is 20.1. The minimum atomic E-state index is -1.13. The van der Waals surface area contributed by atoms with Gasteiger partial charge in [-0.05, 0) is 103 Å². The Labute approximate surface area is 394 Å². The highest BCUT2D eigenvalue weighted by atomic mass is 16.8. The van der Waals surface area contributed by atoms with Gasteiger partial charge in [-0.15, -0.1) is 0 Å². The fraction of sp³-hybridized carbons (Fsp3) is 0.926. The van der Waals surface area contributed by atoms with E-state index in [-0.39, 0.29) is 53.8 Å². The molecule has 0 aliphatic carbocycles. The first-order valence-corrected chi connectivity index (χ1v) is 26.8. The van der Waals surface area contributed by atoms with E-state index in [1.165, 1.54) is 57.8 Å². The Morgan fingerprint density at radius 3 is 2.03 bits per heavy atom. The number of ether oxygens (including phenoxy) is 5. The van der Waals surface area contributed by atoms with E-state index in [0.717, 1.165) is 32.2 Å². The van der Waals surface area contributed by atoms with E-state index in [9.17, 15) is 24.9 Å². The van der Waals surface area contributed by atoms with Crippen molar-refractivity contribution in [3.05, 3.63) is 12.2 Å². The maximum atomic E-state index is 14.7. The highest BCUT2D eigenvalue weighted by Gasteiger charge is 2.63. The Bertz CT molecular complexity index is 1530. The van der Waals surface area contributed by atoms with Crippen molar-refractivity contribution >= 4 is 11.8 Å². The number of unbranched alkanes of at least 4 members (excludes halogenated alkanes) is 9. The standard InChI is InChI=1S/C54H95NO10/c1-12-16-17-18-19-20-21-22-23-24-33-55-44-27-30-53(65-54(44)32-31-51(11,64-54)45-28-29-52(60,15-4)40(10)61-45)37(7)34-36(6)49(63-53)42(14-3)47(57)38(8)46(56)39(9)48-35(5)25-26-43(62-48)41(13-2)50(58)59/h27,30,35-46,48-49,55-56,60H,12-26,28-29,31-34H2,1-11H3,(H,58,59)/t35-,36-,37+,38-,39-,40-,41?,42-,43+,44+,45+,46+,48?,49-,51-,52+,53-,54-/m0/s1. The van der Waals surface area contributed by atoms with Crippen LogP contribution < -0.4 is 5.32 Å². The summed E-state index contributed by atoms with van der Waals surface area (Å²) in [6.45, 7) is 23.4. The molecule has 0 aromatic heterocycles. The minimum Gasteiger partial charge on any atom is -0.481 e. The van der Waals surface area contributed by atoms with E-state index < -0.39 is 64.8 Å². The topological polar surface area (TPSA) is 153 Å². The first kappa shape index (κ1) is 54.5. The Hall–Kier alpha value is -1.44. The van der Waals surface area contributed by atoms with E-state index in [1.54, 1.807) is 0 Å². The number of hydrogen-bond donors (Lipinski definition) is 4. The number of carbonyl (C=O) groups excluding carboxylic acids is 1. The molecule has 4 saturated heterocycles. The molecule has 11 heteroatoms. The van der Waals surface area contributed by atoms with Crippen molar-refractivity contribution in [3.63, 3.8) is 0 Å². The molecule has 0 radical (unpaired) electrons. The highest BCUT2D eigenvalue weighted by Crippen LogP contribution is 2.54. The number of Topliss-reactive ketones (excluding diaryl/α,β-unsaturated/α-hetero) is 1. The summed E-state index contributed by atoms with van der Waals surface area (Å²) >= 11 is 0. The van der Waals surface area contributed by atoms with Gasteiger partial charge in [0, 0.05) is 30.1 Å². The molecule has 0 amide bonds. The van der Waals surface area contributed by atoms with E-state index in [1.807, 2.05) is 41.5 Å². The fourth-order valence-corrected chi connectivity index (χ4v) is 12.6. The van der Waals surface area contributed by atoms with E-state index in [4.69, 9.17) is 23.7 Å². The van der Waals surface area contributed by atoms with Crippen molar-refractivity contribution in [3.8, 4) is 0 Å². The normalized spacial score (nSPS) is 39.9. The van der Waals surface area contributed by atoms with E-state index in [2.05, 4.69) is 52.1 Å². The number of nitrogens with one attached hydrogen (secondary N) is 1. The predicted molar refractivity (Wildman–Crippen MR) is 256 cm³/mol. The molecular formula is C54H95NO10. The molecule has 4 N–H and O–H groups in total. The maximum absolute atomic E-state index is 14.7. The fourth-order valence-electron chi connectivity index (χ4n) is 12.6. The molecule has 11 nitrogen and oxygen atoms in total. The molecule has 4 fully saturated rings. The van der Waals surface area contributed by atoms with Crippen LogP contribution in [0.3, 0.4) is 0 Å². The lowest BCUT2D eigenvalue weighted by Gasteiger charge is -2.55. The van der Waals surface area contributed by atoms with E-state index in [0.29, 0.717) is 44.9 Å². The zero-order chi connectivity index (χ0) is 47.7. The van der Waals surface area contributed by atoms with Crippen LogP contribution in [0.2, 0.25) is 0 Å². The van der Waals surface area contributed by atoms with Crippen molar-refractivity contribution in [2.24, 2.45) is 41.4 Å². The third-order valence-electron chi connectivity index (χ3n) is 17.4. The summed E-state index contributed by atoms with van der Waals surface area (Å²) in [5.74, 6) is -5.05. The molecule has 18 atom stereocenters. The Morgan fingerprint density at radius 2 is 1.43 bits per heavy atom. The number of aliphatic hydroxyl groups is 2. The molecule has 5 aliphatic heterocycles. The second-order valence-corrected chi connectivity index (χ2v) is 22.1. The van der Waals surface area contributed by atoms with Crippen LogP contribution in [0.15, 0.2) is 12.2 Å². The van der Waals surface area contributed by atoms with Gasteiger partial charge in [0.05, 0.1) is 59.8 Å². The predicted octanol–water partition coefficient (Wildman–Crippen LogP) is 10.7. The SMILES string of the molecule is CCCCCCCCCCCCN[C@@H]1C=C[C@]2(O[C@H]([C@@H](CC)C(=O)[C@@H](C)[C@@H](O)[C@H](C)C3O[C@@H](C(CC)C(=O)O)CC[C@@H]3C)[C@@H](C)C[C@H]2C)O[C@@]12CC[C@@](C)([C@H]1CC[C@](O)(CC)[C@H](C)O1)O2. The monoisotopic (exact) mass is 918 g/mol. The highest BCUT2D eigenvalue weighted by molar-refractivity contribution is 5.84. The molecule has 5 rings (SSSR count). The molecular weight excluding hydrogens is 823 g/mol. The van der Waals surface area contributed by atoms with E-state index >= 15 is 0 Å². The quantitative estimate of drug-likeness (QED) is 0.0541. The van der Waals surface area contributed by atoms with Gasteiger partial charge in [0.25, 0.3) is 0 Å². The molecule has 65 heavy (non-hydrogen) atoms. The Balaban J connectivity index is 1.32. The third-order valence-corrected chi connectivity index (χ3v) is 17.4. The van der Waals surface area contributed by atoms with Crippen LogP contribution in [0, 0.1) is 41.4 Å². The lowest BCUT2D eigenvalue weighted by Crippen LogP contribution is -2.65. The van der Waals surface area contributed by atoms with Gasteiger partial charge < -0.3 is 44.3 Å². The summed E-state index contributed by atoms with van der Waals surface area (Å²) in [6, 6.07) is -0.219. The number of carboxylic acid groups (broad SMARTS) is 1. The van der Waals surface area contributed by atoms with Crippen LogP contribution in [0.5, 0.6) is 0 Å². The summed E-state index contributed by atoms with van der Waals surface area (Å²) in [6.07, 6.45) is 21.0. The summed E-state index contributed by atoms with van der Waals surface area (Å²) < 4.78 is 35.2. The molecule has 376 valence electrons. The van der Waals surface area contributed by atoms with Crippen molar-refractivity contribution in [2.75, 3.05) is 6.54 Å². The van der Waals surface area contributed by atoms with Crippen molar-refractivity contribution in [2.45, 2.75) is 270 Å². The van der Waals surface area contributed by atoms with Gasteiger partial charge in [-0.3, -0.25) is 9.59 Å². The molecule has 0 aromatic carbocycles. The van der Waals surface area contributed by atoms with Crippen LogP contribution in [-0.2, 0) is 33.3 Å². The Morgan fingerprint density at radius 1 is 0.785 bits per heavy atom. The molecule has 2 unspecified atom stereocenters. The lowest BCUT2D eigenvalue weighted by atomic mass is 9.72. The number of rotatable bonds is 24. The summed E-state index contributed by atoms with van der Waals surface area (Å²) in [7, 11) is 0. The largest absolute Gasteiger partial charge is 0.481 e. The summed E-state index contributed by atoms with van der Waals surface area (Å²) in [4.78, 5) is 26.8. The molecule has 0 aromatic rings. The summed E-state index contributed by atoms with van der Waals surface area (Å²) in [5, 5.41) is 37.0. The molecule has 0 saturated carbocycles. The van der Waals surface area contributed by atoms with Crippen LogP contribution in [0.4, 0.5) is 0 Å². The van der Waals surface area contributed by atoms with Gasteiger partial charge in [0.2, 0.25) is 0 Å². The smallest absolute Gasteiger partial charge is 0.309 e. The lowest BCUT2D eigenvalue weighted by molar-refractivity contribution is -0.398. The summed E-state index contributed by atoms with van der Waals surface area (Å²) in [5.41, 5.74) is -1.50. The zero-order valence-electron chi connectivity index (χ0n) is 42.8. The van der Waals surface area contributed by atoms with Crippen LogP contribution in [0.25, 0.3) is 0 Å². The molecule has 2 spiro atoms. The van der Waals surface area contributed by atoms with Gasteiger partial charge >= 0.3 is 5.97 Å². The van der Waals surface area contributed by atoms with Gasteiger partial charge in [-0.2, -0.15) is 0 Å². The van der Waals surface area contributed by atoms with Crippen LogP contribution in [0.1, 0.15) is 205 Å². The van der Waals surface area contributed by atoms with Crippen LogP contribution in [-0.4, -0.2) is 99.1 Å². The number of hydrogen-bond acceptors (Lipinski definition) is 10.